The van der Waals surface area contributed by atoms with Crippen LogP contribution in [0.1, 0.15) is 24.1 Å². The van der Waals surface area contributed by atoms with Crippen molar-refractivity contribution in [3.05, 3.63) is 17.0 Å². The average Bonchev–Trinajstić information content (AvgIpc) is 2.96. The largest absolute Gasteiger partial charge is 0.315 e. The van der Waals surface area contributed by atoms with Crippen LogP contribution in [0.4, 0.5) is 0 Å². The molecule has 0 saturated carbocycles. The second-order valence-corrected chi connectivity index (χ2v) is 9.29. The fourth-order valence-corrected chi connectivity index (χ4v) is 6.40. The number of nitrogens with one attached hydrogen (secondary N) is 1. The zero-order valence-electron chi connectivity index (χ0n) is 12.6. The maximum Gasteiger partial charge on any atom is 0.252 e. The quantitative estimate of drug-likeness (QED) is 0.905. The van der Waals surface area contributed by atoms with Crippen molar-refractivity contribution in [2.45, 2.75) is 42.1 Å². The highest BCUT2D eigenvalue weighted by Gasteiger charge is 2.38. The van der Waals surface area contributed by atoms with Crippen molar-refractivity contribution in [1.82, 2.24) is 14.5 Å². The number of thiophene rings is 1. The van der Waals surface area contributed by atoms with Gasteiger partial charge in [0.2, 0.25) is 0 Å². The molecule has 2 bridgehead atoms. The number of sulfonamides is 1. The molecule has 21 heavy (non-hydrogen) atoms. The van der Waals surface area contributed by atoms with Crippen LogP contribution in [0.5, 0.6) is 0 Å². The Balaban J connectivity index is 1.81. The molecule has 0 amide bonds. The Morgan fingerprint density at radius 2 is 2.05 bits per heavy atom. The predicted molar refractivity (Wildman–Crippen MR) is 85.0 cm³/mol. The highest BCUT2D eigenvalue weighted by atomic mass is 32.2. The van der Waals surface area contributed by atoms with Crippen molar-refractivity contribution in [2.75, 3.05) is 27.2 Å². The number of nitrogens with zero attached hydrogens (tertiary/aromatic N) is 2. The molecule has 0 spiro atoms. The second-order valence-electron chi connectivity index (χ2n) is 5.95. The van der Waals surface area contributed by atoms with Gasteiger partial charge in [0.15, 0.2) is 0 Å². The lowest BCUT2D eigenvalue weighted by Crippen LogP contribution is -2.39. The first kappa shape index (κ1) is 15.4. The van der Waals surface area contributed by atoms with E-state index in [2.05, 4.69) is 17.3 Å². The van der Waals surface area contributed by atoms with Crippen LogP contribution >= 0.6 is 11.3 Å². The minimum absolute atomic E-state index is 0.379. The van der Waals surface area contributed by atoms with Gasteiger partial charge in [-0.3, -0.25) is 4.90 Å². The van der Waals surface area contributed by atoms with E-state index in [1.807, 2.05) is 13.1 Å². The van der Waals surface area contributed by atoms with Gasteiger partial charge in [-0.25, -0.2) is 8.42 Å². The summed E-state index contributed by atoms with van der Waals surface area (Å²) < 4.78 is 27.9. The van der Waals surface area contributed by atoms with E-state index in [-0.39, 0.29) is 0 Å². The Kier molecular flexibility index (Phi) is 4.38. The van der Waals surface area contributed by atoms with Gasteiger partial charge < -0.3 is 5.32 Å². The molecular formula is C14H23N3O2S2. The molecule has 2 saturated heterocycles. The zero-order valence-corrected chi connectivity index (χ0v) is 14.2. The molecule has 2 fully saturated rings. The van der Waals surface area contributed by atoms with E-state index >= 15 is 0 Å². The Hall–Kier alpha value is -0.470. The van der Waals surface area contributed by atoms with Crippen LogP contribution < -0.4 is 5.32 Å². The highest BCUT2D eigenvalue weighted by molar-refractivity contribution is 7.91. The first-order valence-corrected chi connectivity index (χ1v) is 9.73. The molecule has 7 heteroatoms. The molecule has 0 aromatic carbocycles. The molecule has 2 aliphatic heterocycles. The van der Waals surface area contributed by atoms with Crippen molar-refractivity contribution in [3.63, 3.8) is 0 Å². The van der Waals surface area contributed by atoms with Gasteiger partial charge in [0, 0.05) is 36.6 Å². The summed E-state index contributed by atoms with van der Waals surface area (Å²) in [6.07, 6.45) is 3.27. The first-order chi connectivity index (χ1) is 10.0. The summed E-state index contributed by atoms with van der Waals surface area (Å²) in [7, 11) is 0.673. The molecule has 2 unspecified atom stereocenters. The molecule has 0 aliphatic carbocycles. The van der Waals surface area contributed by atoms with Crippen molar-refractivity contribution in [1.29, 1.82) is 0 Å². The third-order valence-corrected chi connectivity index (χ3v) is 8.11. The smallest absolute Gasteiger partial charge is 0.252 e. The minimum atomic E-state index is -3.33. The maximum atomic E-state index is 12.8. The normalized spacial score (nSPS) is 27.9. The van der Waals surface area contributed by atoms with Crippen LogP contribution in [0.25, 0.3) is 0 Å². The molecule has 3 heterocycles. The van der Waals surface area contributed by atoms with Crippen LogP contribution in [0.15, 0.2) is 16.3 Å². The second kappa shape index (κ2) is 5.96. The van der Waals surface area contributed by atoms with Gasteiger partial charge in [-0.15, -0.1) is 11.3 Å². The average molecular weight is 329 g/mol. The Morgan fingerprint density at radius 3 is 2.81 bits per heavy atom. The van der Waals surface area contributed by atoms with E-state index < -0.39 is 10.0 Å². The summed E-state index contributed by atoms with van der Waals surface area (Å²) in [5.41, 5.74) is 0. The number of hydrogen-bond donors (Lipinski definition) is 1. The molecule has 2 atom stereocenters. The van der Waals surface area contributed by atoms with E-state index in [0.29, 0.717) is 35.9 Å². The fourth-order valence-electron chi connectivity index (χ4n) is 3.39. The lowest BCUT2D eigenvalue weighted by Gasteiger charge is -2.24. The Bertz CT molecular complexity index is 599. The van der Waals surface area contributed by atoms with Crippen molar-refractivity contribution in [3.8, 4) is 0 Å². The molecular weight excluding hydrogens is 306 g/mol. The van der Waals surface area contributed by atoms with Gasteiger partial charge >= 0.3 is 0 Å². The summed E-state index contributed by atoms with van der Waals surface area (Å²) >= 11 is 1.38. The number of fused-ring (bicyclic) bond motifs is 2. The third-order valence-electron chi connectivity index (χ3n) is 4.69. The Morgan fingerprint density at radius 1 is 1.29 bits per heavy atom. The lowest BCUT2D eigenvalue weighted by molar-refractivity contribution is 0.247. The first-order valence-electron chi connectivity index (χ1n) is 7.48. The number of rotatable bonds is 4. The molecule has 2 aliphatic rings. The SMILES string of the molecule is CNCc1ccc(S(=O)(=O)N2CCC3CCC(C2)N3C)s1. The maximum absolute atomic E-state index is 12.8. The molecule has 5 nitrogen and oxygen atoms in total. The fraction of sp³-hybridized carbons (Fsp3) is 0.714. The monoisotopic (exact) mass is 329 g/mol. The van der Waals surface area contributed by atoms with Gasteiger partial charge in [0.25, 0.3) is 10.0 Å². The number of likely N-dealkylation sites (N-methyl/N-ethyl adjacent to an activating group) is 1. The van der Waals surface area contributed by atoms with Crippen LogP contribution in [-0.4, -0.2) is 56.9 Å². The summed E-state index contributed by atoms with van der Waals surface area (Å²) in [6, 6.07) is 4.59. The lowest BCUT2D eigenvalue weighted by atomic mass is 10.1. The summed E-state index contributed by atoms with van der Waals surface area (Å²) in [5, 5.41) is 3.06. The van der Waals surface area contributed by atoms with Crippen molar-refractivity contribution < 1.29 is 8.42 Å². The third kappa shape index (κ3) is 2.90. The van der Waals surface area contributed by atoms with E-state index in [1.165, 1.54) is 17.8 Å². The van der Waals surface area contributed by atoms with Crippen molar-refractivity contribution in [2.24, 2.45) is 0 Å². The predicted octanol–water partition coefficient (Wildman–Crippen LogP) is 1.32. The molecule has 3 rings (SSSR count). The summed E-state index contributed by atoms with van der Waals surface area (Å²) in [5.74, 6) is 0. The molecule has 0 radical (unpaired) electrons. The van der Waals surface area contributed by atoms with Crippen molar-refractivity contribution >= 4 is 21.4 Å². The van der Waals surface area contributed by atoms with E-state index in [4.69, 9.17) is 0 Å². The van der Waals surface area contributed by atoms with Crippen LogP contribution in [0.2, 0.25) is 0 Å². The summed E-state index contributed by atoms with van der Waals surface area (Å²) in [4.78, 5) is 3.43. The van der Waals surface area contributed by atoms with Gasteiger partial charge in [0.05, 0.1) is 0 Å². The zero-order chi connectivity index (χ0) is 15.0. The van der Waals surface area contributed by atoms with Gasteiger partial charge in [-0.1, -0.05) is 0 Å². The van der Waals surface area contributed by atoms with Crippen LogP contribution in [0, 0.1) is 0 Å². The van der Waals surface area contributed by atoms with E-state index in [0.717, 1.165) is 17.7 Å². The minimum Gasteiger partial charge on any atom is -0.315 e. The molecule has 1 N–H and O–H groups in total. The van der Waals surface area contributed by atoms with E-state index in [1.54, 1.807) is 10.4 Å². The van der Waals surface area contributed by atoms with Crippen LogP contribution in [-0.2, 0) is 16.6 Å². The van der Waals surface area contributed by atoms with E-state index in [9.17, 15) is 8.42 Å². The van der Waals surface area contributed by atoms with Crippen LogP contribution in [0.3, 0.4) is 0 Å². The Labute approximate surface area is 131 Å². The van der Waals surface area contributed by atoms with Gasteiger partial charge in [-0.2, -0.15) is 4.31 Å². The number of hydrogen-bond acceptors (Lipinski definition) is 5. The topological polar surface area (TPSA) is 52.7 Å². The molecule has 1 aromatic heterocycles. The van der Waals surface area contributed by atoms with Gasteiger partial charge in [0.1, 0.15) is 4.21 Å². The molecule has 118 valence electrons. The highest BCUT2D eigenvalue weighted by Crippen LogP contribution is 2.32. The summed E-state index contributed by atoms with van der Waals surface area (Å²) in [6.45, 7) is 2.00. The standard InChI is InChI=1S/C14H23N3O2S2/c1-15-9-13-5-6-14(20-13)21(18,19)17-8-7-11-3-4-12(10-17)16(11)2/h5-6,11-12,15H,3-4,7-10H2,1-2H3. The molecule has 1 aromatic rings. The van der Waals surface area contributed by atoms with Gasteiger partial charge in [-0.05, 0) is 45.5 Å².